The maximum absolute atomic E-state index is 12.8. The summed E-state index contributed by atoms with van der Waals surface area (Å²) in [6.07, 6.45) is 2.46. The van der Waals surface area contributed by atoms with Crippen molar-refractivity contribution in [3.63, 3.8) is 0 Å². The highest BCUT2D eigenvalue weighted by Crippen LogP contribution is 2.32. The number of nitrogens with zero attached hydrogens (tertiary/aromatic N) is 1. The molecule has 2 aromatic carbocycles. The molecule has 4 rings (SSSR count). The lowest BCUT2D eigenvalue weighted by molar-refractivity contribution is 0.0735. The molecule has 1 aromatic heterocycles. The normalized spacial score (nSPS) is 15.2. The molecular formula is C19H17BrN2O2S. The number of hydrogen-bond donors (Lipinski definition) is 1. The zero-order valence-electron chi connectivity index (χ0n) is 13.7. The van der Waals surface area contributed by atoms with Gasteiger partial charge in [-0.3, -0.25) is 9.00 Å². The van der Waals surface area contributed by atoms with E-state index in [0.717, 1.165) is 21.3 Å². The topological polar surface area (TPSA) is 53.2 Å². The summed E-state index contributed by atoms with van der Waals surface area (Å²) >= 11 is 3.59. The van der Waals surface area contributed by atoms with Crippen LogP contribution in [0.15, 0.2) is 51.8 Å². The summed E-state index contributed by atoms with van der Waals surface area (Å²) < 4.78 is 12.5. The number of nitrogens with one attached hydrogen (secondary N) is 1. The number of aromatic amines is 1. The van der Waals surface area contributed by atoms with E-state index in [0.29, 0.717) is 18.7 Å². The Kier molecular flexibility index (Phi) is 4.25. The number of carbonyl (C=O) groups is 1. The lowest BCUT2D eigenvalue weighted by Gasteiger charge is -2.27. The second-order valence-corrected chi connectivity index (χ2v) is 8.43. The van der Waals surface area contributed by atoms with Crippen LogP contribution in [-0.2, 0) is 23.8 Å². The lowest BCUT2D eigenvalue weighted by atomic mass is 10.0. The Labute approximate surface area is 156 Å². The standard InChI is InChI=1S/C19H17BrN2O2S/c1-25(24)13-7-5-12(6-8-13)19(23)22-10-9-17-15(11-22)14-3-2-4-16(20)18(14)21-17/h2-8,21H,9-11H2,1H3/t25-/m1/s1. The summed E-state index contributed by atoms with van der Waals surface area (Å²) in [7, 11) is -1.03. The van der Waals surface area contributed by atoms with Gasteiger partial charge in [0.25, 0.3) is 5.91 Å². The number of carbonyl (C=O) groups excluding carboxylic acids is 1. The fourth-order valence-electron chi connectivity index (χ4n) is 3.35. The summed E-state index contributed by atoms with van der Waals surface area (Å²) in [4.78, 5) is 18.9. The van der Waals surface area contributed by atoms with E-state index in [1.807, 2.05) is 17.0 Å². The third-order valence-corrected chi connectivity index (χ3v) is 6.28. The molecule has 0 unspecified atom stereocenters. The monoisotopic (exact) mass is 416 g/mol. The van der Waals surface area contributed by atoms with Crippen LogP contribution in [0.3, 0.4) is 0 Å². The minimum Gasteiger partial charge on any atom is -0.357 e. The molecule has 2 heterocycles. The first-order valence-electron chi connectivity index (χ1n) is 8.05. The Balaban J connectivity index is 1.63. The summed E-state index contributed by atoms with van der Waals surface area (Å²) in [6, 6.07) is 13.2. The van der Waals surface area contributed by atoms with Crippen molar-refractivity contribution in [2.24, 2.45) is 0 Å². The van der Waals surface area contributed by atoms with Crippen LogP contribution in [0.2, 0.25) is 0 Å². The molecule has 0 saturated heterocycles. The van der Waals surface area contributed by atoms with Crippen LogP contribution in [0.25, 0.3) is 10.9 Å². The van der Waals surface area contributed by atoms with Gasteiger partial charge in [-0.1, -0.05) is 12.1 Å². The SMILES string of the molecule is C[S@@](=O)c1ccc(C(=O)N2CCc3[nH]c4c(Br)cccc4c3C2)cc1. The molecule has 1 atom stereocenters. The number of amides is 1. The predicted octanol–water partition coefficient (Wildman–Crippen LogP) is 3.87. The van der Waals surface area contributed by atoms with Crippen molar-refractivity contribution in [3.8, 4) is 0 Å². The molecule has 1 aliphatic rings. The number of fused-ring (bicyclic) bond motifs is 3. The van der Waals surface area contributed by atoms with Gasteiger partial charge in [-0.05, 0) is 46.3 Å². The highest BCUT2D eigenvalue weighted by Gasteiger charge is 2.25. The number of para-hydroxylation sites is 1. The first-order chi connectivity index (χ1) is 12.0. The minimum atomic E-state index is -1.03. The van der Waals surface area contributed by atoms with Crippen molar-refractivity contribution in [2.45, 2.75) is 17.9 Å². The van der Waals surface area contributed by atoms with Crippen molar-refractivity contribution in [2.75, 3.05) is 12.8 Å². The predicted molar refractivity (Wildman–Crippen MR) is 103 cm³/mol. The molecule has 1 N–H and O–H groups in total. The van der Waals surface area contributed by atoms with Crippen LogP contribution in [0.5, 0.6) is 0 Å². The van der Waals surface area contributed by atoms with Crippen LogP contribution in [0.4, 0.5) is 0 Å². The van der Waals surface area contributed by atoms with Gasteiger partial charge < -0.3 is 9.88 Å². The van der Waals surface area contributed by atoms with Crippen molar-refractivity contribution >= 4 is 43.5 Å². The maximum atomic E-state index is 12.8. The number of hydrogen-bond acceptors (Lipinski definition) is 2. The van der Waals surface area contributed by atoms with Gasteiger partial charge in [0.1, 0.15) is 0 Å². The zero-order valence-corrected chi connectivity index (χ0v) is 16.1. The number of rotatable bonds is 2. The molecule has 6 heteroatoms. The molecule has 0 radical (unpaired) electrons. The van der Waals surface area contributed by atoms with Gasteiger partial charge in [-0.25, -0.2) is 0 Å². The van der Waals surface area contributed by atoms with Crippen LogP contribution in [-0.4, -0.2) is 32.8 Å². The van der Waals surface area contributed by atoms with Gasteiger partial charge in [-0.2, -0.15) is 0 Å². The number of benzene rings is 2. The van der Waals surface area contributed by atoms with Crippen LogP contribution in [0.1, 0.15) is 21.6 Å². The molecule has 1 aliphatic heterocycles. The summed E-state index contributed by atoms with van der Waals surface area (Å²) in [5.41, 5.74) is 4.14. The molecule has 0 spiro atoms. The molecule has 0 aliphatic carbocycles. The van der Waals surface area contributed by atoms with Gasteiger partial charge in [0.15, 0.2) is 0 Å². The molecular weight excluding hydrogens is 400 g/mol. The lowest BCUT2D eigenvalue weighted by Crippen LogP contribution is -2.35. The van der Waals surface area contributed by atoms with E-state index >= 15 is 0 Å². The highest BCUT2D eigenvalue weighted by atomic mass is 79.9. The molecule has 0 saturated carbocycles. The van der Waals surface area contributed by atoms with Crippen LogP contribution in [0, 0.1) is 0 Å². The third-order valence-electron chi connectivity index (χ3n) is 4.68. The molecule has 0 fully saturated rings. The van der Waals surface area contributed by atoms with Crippen molar-refractivity contribution in [1.82, 2.24) is 9.88 Å². The van der Waals surface area contributed by atoms with Gasteiger partial charge in [0.05, 0.1) is 5.52 Å². The smallest absolute Gasteiger partial charge is 0.254 e. The third kappa shape index (κ3) is 2.93. The Bertz CT molecular complexity index is 995. The summed E-state index contributed by atoms with van der Waals surface area (Å²) in [5, 5.41) is 1.17. The summed E-state index contributed by atoms with van der Waals surface area (Å²) in [5.74, 6) is 0.0171. The van der Waals surface area contributed by atoms with E-state index in [1.54, 1.807) is 30.5 Å². The average molecular weight is 417 g/mol. The molecule has 128 valence electrons. The van der Waals surface area contributed by atoms with Gasteiger partial charge in [0.2, 0.25) is 0 Å². The molecule has 4 nitrogen and oxygen atoms in total. The van der Waals surface area contributed by atoms with E-state index in [1.165, 1.54) is 16.6 Å². The summed E-state index contributed by atoms with van der Waals surface area (Å²) in [6.45, 7) is 1.30. The van der Waals surface area contributed by atoms with Crippen LogP contribution < -0.4 is 0 Å². The highest BCUT2D eigenvalue weighted by molar-refractivity contribution is 9.10. The first kappa shape index (κ1) is 16.5. The Morgan fingerprint density at radius 2 is 1.96 bits per heavy atom. The Hall–Kier alpha value is -1.92. The number of aromatic nitrogens is 1. The van der Waals surface area contributed by atoms with Crippen molar-refractivity contribution in [3.05, 3.63) is 63.8 Å². The second kappa shape index (κ2) is 6.42. The van der Waals surface area contributed by atoms with Crippen molar-refractivity contribution in [1.29, 1.82) is 0 Å². The quantitative estimate of drug-likeness (QED) is 0.689. The zero-order chi connectivity index (χ0) is 17.6. The second-order valence-electron chi connectivity index (χ2n) is 6.20. The molecule has 3 aromatic rings. The first-order valence-corrected chi connectivity index (χ1v) is 10.4. The molecule has 1 amide bonds. The number of H-pyrrole nitrogens is 1. The van der Waals surface area contributed by atoms with E-state index in [-0.39, 0.29) is 5.91 Å². The van der Waals surface area contributed by atoms with Gasteiger partial charge >= 0.3 is 0 Å². The minimum absolute atomic E-state index is 0.0171. The molecule has 25 heavy (non-hydrogen) atoms. The Morgan fingerprint density at radius 3 is 2.68 bits per heavy atom. The average Bonchev–Trinajstić information content (AvgIpc) is 3.00. The Morgan fingerprint density at radius 1 is 1.20 bits per heavy atom. The fourth-order valence-corrected chi connectivity index (χ4v) is 4.33. The number of halogens is 1. The molecule has 0 bridgehead atoms. The van der Waals surface area contributed by atoms with E-state index in [4.69, 9.17) is 0 Å². The van der Waals surface area contributed by atoms with Gasteiger partial charge in [0, 0.05) is 68.1 Å². The van der Waals surface area contributed by atoms with Crippen LogP contribution >= 0.6 is 15.9 Å². The maximum Gasteiger partial charge on any atom is 0.254 e. The largest absolute Gasteiger partial charge is 0.357 e. The van der Waals surface area contributed by atoms with E-state index in [9.17, 15) is 9.00 Å². The fraction of sp³-hybridized carbons (Fsp3) is 0.211. The van der Waals surface area contributed by atoms with E-state index < -0.39 is 10.8 Å². The van der Waals surface area contributed by atoms with E-state index in [2.05, 4.69) is 27.0 Å². The van der Waals surface area contributed by atoms with Gasteiger partial charge in [-0.15, -0.1) is 0 Å². The van der Waals surface area contributed by atoms with Crippen molar-refractivity contribution < 1.29 is 9.00 Å².